The number of nitrogens with one attached hydrogen (secondary N) is 1. The molecule has 0 aliphatic carbocycles. The third-order valence-corrected chi connectivity index (χ3v) is 2.86. The van der Waals surface area contributed by atoms with E-state index in [4.69, 9.17) is 5.11 Å². The predicted octanol–water partition coefficient (Wildman–Crippen LogP) is 2.31. The minimum Gasteiger partial charge on any atom is -0.396 e. The lowest BCUT2D eigenvalue weighted by Gasteiger charge is -2.19. The Bertz CT molecular complexity index is 349. The lowest BCUT2D eigenvalue weighted by Crippen LogP contribution is -2.31. The molecule has 0 saturated carbocycles. The molecule has 18 heavy (non-hydrogen) atoms. The van der Waals surface area contributed by atoms with E-state index in [1.807, 2.05) is 30.3 Å². The van der Waals surface area contributed by atoms with Gasteiger partial charge in [0.15, 0.2) is 0 Å². The largest absolute Gasteiger partial charge is 0.396 e. The first-order chi connectivity index (χ1) is 8.65. The zero-order valence-corrected chi connectivity index (χ0v) is 11.2. The minimum absolute atomic E-state index is 0.0587. The topological polar surface area (TPSA) is 49.3 Å². The molecule has 0 radical (unpaired) electrons. The van der Waals surface area contributed by atoms with E-state index < -0.39 is 0 Å². The lowest BCUT2D eigenvalue weighted by molar-refractivity contribution is -0.122. The monoisotopic (exact) mass is 249 g/mol. The Morgan fingerprint density at radius 1 is 1.28 bits per heavy atom. The molecule has 1 rings (SSSR count). The van der Waals surface area contributed by atoms with Crippen LogP contribution in [0.15, 0.2) is 30.3 Å². The number of hydrogen-bond donors (Lipinski definition) is 2. The molecule has 0 fully saturated rings. The molecule has 0 spiro atoms. The van der Waals surface area contributed by atoms with Gasteiger partial charge in [-0.15, -0.1) is 0 Å². The fourth-order valence-corrected chi connectivity index (χ4v) is 1.97. The van der Waals surface area contributed by atoms with E-state index in [9.17, 15) is 4.79 Å². The van der Waals surface area contributed by atoms with Gasteiger partial charge in [0.25, 0.3) is 0 Å². The highest BCUT2D eigenvalue weighted by atomic mass is 16.3. The van der Waals surface area contributed by atoms with E-state index >= 15 is 0 Å². The molecule has 0 heterocycles. The minimum atomic E-state index is -0.0927. The molecular weight excluding hydrogens is 226 g/mol. The summed E-state index contributed by atoms with van der Waals surface area (Å²) >= 11 is 0. The summed E-state index contributed by atoms with van der Waals surface area (Å²) in [5.74, 6) is 0.437. The van der Waals surface area contributed by atoms with Gasteiger partial charge in [0.2, 0.25) is 5.91 Å². The summed E-state index contributed by atoms with van der Waals surface area (Å²) in [4.78, 5) is 12.2. The number of amides is 1. The van der Waals surface area contributed by atoms with E-state index in [2.05, 4.69) is 19.2 Å². The summed E-state index contributed by atoms with van der Waals surface area (Å²) < 4.78 is 0. The Labute approximate surface area is 109 Å². The number of hydrogen-bond acceptors (Lipinski definition) is 2. The molecule has 1 amide bonds. The summed E-state index contributed by atoms with van der Waals surface area (Å²) in [5.41, 5.74) is 1.06. The van der Waals surface area contributed by atoms with Crippen LogP contribution < -0.4 is 5.32 Å². The molecule has 0 aliphatic heterocycles. The van der Waals surface area contributed by atoms with Crippen LogP contribution in [-0.2, 0) is 4.79 Å². The smallest absolute Gasteiger partial charge is 0.227 e. The van der Waals surface area contributed by atoms with Gasteiger partial charge in [0.05, 0.1) is 5.92 Å². The maximum absolute atomic E-state index is 12.2. The summed E-state index contributed by atoms with van der Waals surface area (Å²) in [6.45, 7) is 4.89. The first-order valence-electron chi connectivity index (χ1n) is 6.58. The molecule has 0 aliphatic rings. The van der Waals surface area contributed by atoms with Gasteiger partial charge in [-0.1, -0.05) is 44.2 Å². The van der Waals surface area contributed by atoms with E-state index in [0.29, 0.717) is 18.9 Å². The van der Waals surface area contributed by atoms with Crippen molar-refractivity contribution in [3.05, 3.63) is 35.9 Å². The van der Waals surface area contributed by atoms with Crippen molar-refractivity contribution in [1.82, 2.24) is 5.32 Å². The summed E-state index contributed by atoms with van der Waals surface area (Å²) in [6.07, 6.45) is 1.45. The normalized spacial score (nSPS) is 12.4. The molecule has 100 valence electrons. The Hall–Kier alpha value is -1.35. The SMILES string of the molecule is CC(C)CC(C(=O)NCCCO)c1ccccc1. The third-order valence-electron chi connectivity index (χ3n) is 2.86. The van der Waals surface area contributed by atoms with Crippen LogP contribution >= 0.6 is 0 Å². The molecule has 1 aromatic rings. The number of aliphatic hydroxyl groups is 1. The zero-order chi connectivity index (χ0) is 13.4. The first-order valence-corrected chi connectivity index (χ1v) is 6.58. The van der Waals surface area contributed by atoms with Gasteiger partial charge in [-0.3, -0.25) is 4.79 Å². The number of rotatable bonds is 7. The third kappa shape index (κ3) is 4.88. The van der Waals surface area contributed by atoms with Crippen molar-refractivity contribution < 1.29 is 9.90 Å². The van der Waals surface area contributed by atoms with Crippen molar-refractivity contribution in [1.29, 1.82) is 0 Å². The van der Waals surface area contributed by atoms with E-state index in [-0.39, 0.29) is 18.4 Å². The summed E-state index contributed by atoms with van der Waals surface area (Å²) in [5, 5.41) is 11.6. The maximum Gasteiger partial charge on any atom is 0.227 e. The molecule has 1 aromatic carbocycles. The van der Waals surface area contributed by atoms with Crippen molar-refractivity contribution in [2.45, 2.75) is 32.6 Å². The summed E-state index contributed by atoms with van der Waals surface area (Å²) in [6, 6.07) is 9.88. The van der Waals surface area contributed by atoms with E-state index in [0.717, 1.165) is 12.0 Å². The first kappa shape index (κ1) is 14.7. The zero-order valence-electron chi connectivity index (χ0n) is 11.2. The molecule has 0 aromatic heterocycles. The van der Waals surface area contributed by atoms with Gasteiger partial charge in [0.1, 0.15) is 0 Å². The van der Waals surface area contributed by atoms with Crippen LogP contribution in [0.2, 0.25) is 0 Å². The fourth-order valence-electron chi connectivity index (χ4n) is 1.97. The van der Waals surface area contributed by atoms with Crippen molar-refractivity contribution in [3.63, 3.8) is 0 Å². The predicted molar refractivity (Wildman–Crippen MR) is 73.4 cm³/mol. The highest BCUT2D eigenvalue weighted by molar-refractivity contribution is 5.83. The van der Waals surface area contributed by atoms with E-state index in [1.165, 1.54) is 0 Å². The average molecular weight is 249 g/mol. The molecule has 1 unspecified atom stereocenters. The summed E-state index contributed by atoms with van der Waals surface area (Å²) in [7, 11) is 0. The average Bonchev–Trinajstić information content (AvgIpc) is 2.37. The Kier molecular flexibility index (Phi) is 6.44. The lowest BCUT2D eigenvalue weighted by atomic mass is 9.89. The Balaban J connectivity index is 2.69. The molecule has 3 heteroatoms. The van der Waals surface area contributed by atoms with Crippen LogP contribution in [0.5, 0.6) is 0 Å². The second kappa shape index (κ2) is 7.88. The maximum atomic E-state index is 12.2. The fraction of sp³-hybridized carbons (Fsp3) is 0.533. The van der Waals surface area contributed by atoms with Gasteiger partial charge in [0, 0.05) is 13.2 Å². The molecule has 3 nitrogen and oxygen atoms in total. The molecule has 0 saturated heterocycles. The van der Waals surface area contributed by atoms with Gasteiger partial charge in [-0.25, -0.2) is 0 Å². The number of carbonyl (C=O) groups excluding carboxylic acids is 1. The molecular formula is C15H23NO2. The number of carbonyl (C=O) groups is 1. The van der Waals surface area contributed by atoms with Crippen LogP contribution in [0.4, 0.5) is 0 Å². The number of aliphatic hydroxyl groups excluding tert-OH is 1. The van der Waals surface area contributed by atoms with Gasteiger partial charge >= 0.3 is 0 Å². The molecule has 1 atom stereocenters. The van der Waals surface area contributed by atoms with Crippen molar-refractivity contribution in [3.8, 4) is 0 Å². The second-order valence-corrected chi connectivity index (χ2v) is 4.96. The standard InChI is InChI=1S/C15H23NO2/c1-12(2)11-14(13-7-4-3-5-8-13)15(18)16-9-6-10-17/h3-5,7-8,12,14,17H,6,9-11H2,1-2H3,(H,16,18). The highest BCUT2D eigenvalue weighted by Gasteiger charge is 2.20. The quantitative estimate of drug-likeness (QED) is 0.729. The van der Waals surface area contributed by atoms with Gasteiger partial charge in [-0.2, -0.15) is 0 Å². The van der Waals surface area contributed by atoms with Crippen molar-refractivity contribution in [2.24, 2.45) is 5.92 Å². The van der Waals surface area contributed by atoms with E-state index in [1.54, 1.807) is 0 Å². The highest BCUT2D eigenvalue weighted by Crippen LogP contribution is 2.23. The second-order valence-electron chi connectivity index (χ2n) is 4.96. The van der Waals surface area contributed by atoms with Crippen LogP contribution in [-0.4, -0.2) is 24.2 Å². The van der Waals surface area contributed by atoms with Crippen LogP contribution in [0.1, 0.15) is 38.2 Å². The Morgan fingerprint density at radius 3 is 2.50 bits per heavy atom. The van der Waals surface area contributed by atoms with Crippen LogP contribution in [0, 0.1) is 5.92 Å². The van der Waals surface area contributed by atoms with Gasteiger partial charge in [-0.05, 0) is 24.3 Å². The van der Waals surface area contributed by atoms with Crippen molar-refractivity contribution in [2.75, 3.05) is 13.2 Å². The molecule has 0 bridgehead atoms. The van der Waals surface area contributed by atoms with Crippen molar-refractivity contribution >= 4 is 5.91 Å². The Morgan fingerprint density at radius 2 is 1.94 bits per heavy atom. The van der Waals surface area contributed by atoms with Crippen LogP contribution in [0.25, 0.3) is 0 Å². The van der Waals surface area contributed by atoms with Gasteiger partial charge < -0.3 is 10.4 Å². The van der Waals surface area contributed by atoms with Crippen LogP contribution in [0.3, 0.4) is 0 Å². The number of benzene rings is 1. The molecule has 2 N–H and O–H groups in total.